The molecule has 0 atom stereocenters. The lowest BCUT2D eigenvalue weighted by molar-refractivity contribution is 0.0652. The highest BCUT2D eigenvalue weighted by atomic mass is 16.2. The maximum absolute atomic E-state index is 12.5. The molecular weight excluding hydrogens is 316 g/mol. The molecule has 2 aromatic rings. The van der Waals surface area contributed by atoms with Crippen LogP contribution in [0.3, 0.4) is 0 Å². The number of aryl methyl sites for hydroxylation is 1. The van der Waals surface area contributed by atoms with Crippen molar-refractivity contribution < 1.29 is 14.4 Å². The monoisotopic (exact) mass is 336 g/mol. The van der Waals surface area contributed by atoms with Crippen LogP contribution in [-0.2, 0) is 0 Å². The number of carbonyl (C=O) groups excluding carboxylic acids is 3. The molecule has 5 nitrogen and oxygen atoms in total. The number of fused-ring (bicyclic) bond motifs is 1. The summed E-state index contributed by atoms with van der Waals surface area (Å²) in [5.41, 5.74) is 2.71. The Bertz CT molecular complexity index is 858. The number of nitrogens with zero attached hydrogens (tertiary/aromatic N) is 1. The molecule has 1 N–H and O–H groups in total. The highest BCUT2D eigenvalue weighted by Crippen LogP contribution is 2.25. The summed E-state index contributed by atoms with van der Waals surface area (Å²) in [5, 5.41) is 2.84. The number of anilines is 1. The first-order valence-corrected chi connectivity index (χ1v) is 8.40. The van der Waals surface area contributed by atoms with E-state index in [1.807, 2.05) is 38.1 Å². The Kier molecular flexibility index (Phi) is 4.65. The molecule has 3 amide bonds. The van der Waals surface area contributed by atoms with Gasteiger partial charge in [-0.05, 0) is 43.2 Å². The van der Waals surface area contributed by atoms with Crippen LogP contribution in [0, 0.1) is 6.92 Å². The normalized spacial score (nSPS) is 13.1. The highest BCUT2D eigenvalue weighted by molar-refractivity contribution is 6.22. The Balaban J connectivity index is 1.84. The fourth-order valence-corrected chi connectivity index (χ4v) is 2.86. The van der Waals surface area contributed by atoms with Gasteiger partial charge in [0.25, 0.3) is 17.7 Å². The van der Waals surface area contributed by atoms with Gasteiger partial charge in [0.1, 0.15) is 0 Å². The summed E-state index contributed by atoms with van der Waals surface area (Å²) in [6, 6.07) is 12.1. The van der Waals surface area contributed by atoms with Gasteiger partial charge in [0, 0.05) is 17.8 Å². The Morgan fingerprint density at radius 2 is 1.76 bits per heavy atom. The topological polar surface area (TPSA) is 66.5 Å². The summed E-state index contributed by atoms with van der Waals surface area (Å²) >= 11 is 0. The molecule has 0 spiro atoms. The molecule has 1 aliphatic heterocycles. The third-order valence-corrected chi connectivity index (χ3v) is 4.36. The van der Waals surface area contributed by atoms with Crippen molar-refractivity contribution in [3.63, 3.8) is 0 Å². The number of benzene rings is 2. The van der Waals surface area contributed by atoms with Gasteiger partial charge in [-0.3, -0.25) is 19.3 Å². The zero-order chi connectivity index (χ0) is 18.0. The van der Waals surface area contributed by atoms with Gasteiger partial charge in [-0.15, -0.1) is 0 Å². The minimum absolute atomic E-state index is 0.278. The van der Waals surface area contributed by atoms with E-state index >= 15 is 0 Å². The van der Waals surface area contributed by atoms with Gasteiger partial charge in [-0.1, -0.05) is 31.5 Å². The second-order valence-corrected chi connectivity index (χ2v) is 6.14. The Morgan fingerprint density at radius 3 is 2.48 bits per heavy atom. The van der Waals surface area contributed by atoms with E-state index in [1.165, 1.54) is 11.0 Å². The van der Waals surface area contributed by atoms with Crippen molar-refractivity contribution in [3.05, 3.63) is 64.7 Å². The number of hydrogen-bond donors (Lipinski definition) is 1. The van der Waals surface area contributed by atoms with Crippen LogP contribution < -0.4 is 5.32 Å². The fourth-order valence-electron chi connectivity index (χ4n) is 2.86. The molecule has 1 aliphatic rings. The standard InChI is InChI=1S/C20H20N2O3/c1-3-4-11-22-19(24)15-10-9-14(12-16(15)20(22)25)18(23)21-17-8-6-5-7-13(17)2/h5-10,12H,3-4,11H2,1-2H3,(H,21,23). The number of unbranched alkanes of at least 4 members (excludes halogenated alkanes) is 1. The predicted octanol–water partition coefficient (Wildman–Crippen LogP) is 3.64. The predicted molar refractivity (Wildman–Crippen MR) is 95.8 cm³/mol. The molecule has 0 fully saturated rings. The van der Waals surface area contributed by atoms with Gasteiger partial charge < -0.3 is 5.32 Å². The Labute approximate surface area is 146 Å². The van der Waals surface area contributed by atoms with Crippen LogP contribution in [-0.4, -0.2) is 29.2 Å². The Hall–Kier alpha value is -2.95. The second-order valence-electron chi connectivity index (χ2n) is 6.14. The van der Waals surface area contributed by atoms with Crippen LogP contribution in [0.4, 0.5) is 5.69 Å². The molecule has 0 saturated heterocycles. The summed E-state index contributed by atoms with van der Waals surface area (Å²) in [6.07, 6.45) is 1.67. The zero-order valence-corrected chi connectivity index (χ0v) is 14.3. The average Bonchev–Trinajstić information content (AvgIpc) is 2.85. The average molecular weight is 336 g/mol. The van der Waals surface area contributed by atoms with Gasteiger partial charge >= 0.3 is 0 Å². The van der Waals surface area contributed by atoms with Crippen LogP contribution in [0.25, 0.3) is 0 Å². The summed E-state index contributed by atoms with van der Waals surface area (Å²) in [5.74, 6) is -0.900. The van der Waals surface area contributed by atoms with Gasteiger partial charge in [0.2, 0.25) is 0 Å². The minimum atomic E-state index is -0.320. The van der Waals surface area contributed by atoms with E-state index in [-0.39, 0.29) is 17.7 Å². The van der Waals surface area contributed by atoms with Crippen LogP contribution in [0.2, 0.25) is 0 Å². The first-order valence-electron chi connectivity index (χ1n) is 8.40. The van der Waals surface area contributed by atoms with E-state index < -0.39 is 0 Å². The summed E-state index contributed by atoms with van der Waals surface area (Å²) < 4.78 is 0. The summed E-state index contributed by atoms with van der Waals surface area (Å²) in [7, 11) is 0. The smallest absolute Gasteiger partial charge is 0.261 e. The van der Waals surface area contributed by atoms with E-state index in [2.05, 4.69) is 5.32 Å². The molecule has 1 heterocycles. The van der Waals surface area contributed by atoms with Crippen molar-refractivity contribution >= 4 is 23.4 Å². The van der Waals surface area contributed by atoms with Crippen LogP contribution >= 0.6 is 0 Å². The quantitative estimate of drug-likeness (QED) is 0.848. The van der Waals surface area contributed by atoms with Crippen molar-refractivity contribution in [2.24, 2.45) is 0 Å². The molecule has 0 aromatic heterocycles. The molecule has 0 aliphatic carbocycles. The van der Waals surface area contributed by atoms with E-state index in [4.69, 9.17) is 0 Å². The number of rotatable bonds is 5. The molecule has 0 saturated carbocycles. The molecule has 0 unspecified atom stereocenters. The van der Waals surface area contributed by atoms with Crippen LogP contribution in [0.5, 0.6) is 0 Å². The third kappa shape index (κ3) is 3.18. The molecule has 3 rings (SSSR count). The maximum Gasteiger partial charge on any atom is 0.261 e. The van der Waals surface area contributed by atoms with Crippen LogP contribution in [0.15, 0.2) is 42.5 Å². The summed E-state index contributed by atoms with van der Waals surface area (Å²) in [6.45, 7) is 4.33. The van der Waals surface area contributed by atoms with Crippen LogP contribution in [0.1, 0.15) is 56.4 Å². The van der Waals surface area contributed by atoms with Crippen molar-refractivity contribution in [2.45, 2.75) is 26.7 Å². The zero-order valence-electron chi connectivity index (χ0n) is 14.3. The first-order chi connectivity index (χ1) is 12.0. The van der Waals surface area contributed by atoms with E-state index in [1.54, 1.807) is 12.1 Å². The fraction of sp³-hybridized carbons (Fsp3) is 0.250. The highest BCUT2D eigenvalue weighted by Gasteiger charge is 2.35. The van der Waals surface area contributed by atoms with Crippen molar-refractivity contribution in [1.29, 1.82) is 0 Å². The first kappa shape index (κ1) is 16.9. The molecule has 0 radical (unpaired) electrons. The third-order valence-electron chi connectivity index (χ3n) is 4.36. The lowest BCUT2D eigenvalue weighted by Crippen LogP contribution is -2.30. The van der Waals surface area contributed by atoms with Gasteiger partial charge in [0.15, 0.2) is 0 Å². The van der Waals surface area contributed by atoms with Gasteiger partial charge in [-0.25, -0.2) is 0 Å². The number of hydrogen-bond acceptors (Lipinski definition) is 3. The van der Waals surface area contributed by atoms with Gasteiger partial charge in [0.05, 0.1) is 11.1 Å². The Morgan fingerprint density at radius 1 is 1.04 bits per heavy atom. The van der Waals surface area contributed by atoms with Gasteiger partial charge in [-0.2, -0.15) is 0 Å². The molecule has 5 heteroatoms. The summed E-state index contributed by atoms with van der Waals surface area (Å²) in [4.78, 5) is 38.6. The molecule has 2 aromatic carbocycles. The van der Waals surface area contributed by atoms with E-state index in [0.29, 0.717) is 23.2 Å². The number of imide groups is 1. The number of amides is 3. The maximum atomic E-state index is 12.5. The lowest BCUT2D eigenvalue weighted by Gasteiger charge is -2.12. The largest absolute Gasteiger partial charge is 0.322 e. The SMILES string of the molecule is CCCCN1C(=O)c2ccc(C(=O)Nc3ccccc3C)cc2C1=O. The number of para-hydroxylation sites is 1. The van der Waals surface area contributed by atoms with E-state index in [0.717, 1.165) is 24.1 Å². The minimum Gasteiger partial charge on any atom is -0.322 e. The van der Waals surface area contributed by atoms with Crippen molar-refractivity contribution in [3.8, 4) is 0 Å². The van der Waals surface area contributed by atoms with Crippen molar-refractivity contribution in [1.82, 2.24) is 4.90 Å². The van der Waals surface area contributed by atoms with E-state index in [9.17, 15) is 14.4 Å². The lowest BCUT2D eigenvalue weighted by atomic mass is 10.0. The number of nitrogens with one attached hydrogen (secondary N) is 1. The molecule has 25 heavy (non-hydrogen) atoms. The number of carbonyl (C=O) groups is 3. The second kappa shape index (κ2) is 6.89. The molecule has 128 valence electrons. The molecular formula is C20H20N2O3. The van der Waals surface area contributed by atoms with Crippen molar-refractivity contribution in [2.75, 3.05) is 11.9 Å². The molecule has 0 bridgehead atoms.